The smallest absolute Gasteiger partial charge is 0.183 e. The van der Waals surface area contributed by atoms with Gasteiger partial charge in [-0.1, -0.05) is 0 Å². The zero-order chi connectivity index (χ0) is 12.4. The molecule has 0 saturated carbocycles. The maximum absolute atomic E-state index is 13.8. The van der Waals surface area contributed by atoms with E-state index in [-0.39, 0.29) is 17.2 Å². The first-order valence-corrected chi connectivity index (χ1v) is 5.26. The molecule has 0 bridgehead atoms. The average Bonchev–Trinajstić information content (AvgIpc) is 2.76. The number of benzene rings is 1. The van der Waals surface area contributed by atoms with Gasteiger partial charge in [-0.2, -0.15) is 0 Å². The van der Waals surface area contributed by atoms with Gasteiger partial charge in [-0.15, -0.1) is 0 Å². The summed E-state index contributed by atoms with van der Waals surface area (Å²) in [6, 6.07) is 2.37. The summed E-state index contributed by atoms with van der Waals surface area (Å²) < 4.78 is 37.3. The molecule has 1 atom stereocenters. The molecule has 2 rings (SSSR count). The Bertz CT molecular complexity index is 437. The molecule has 1 aromatic carbocycles. The number of halogens is 2. The monoisotopic (exact) mass is 241 g/mol. The molecule has 0 aromatic heterocycles. The van der Waals surface area contributed by atoms with Gasteiger partial charge in [0.25, 0.3) is 0 Å². The fourth-order valence-electron chi connectivity index (χ4n) is 1.96. The number of ether oxygens (including phenoxy) is 2. The maximum Gasteiger partial charge on any atom is 0.183 e. The molecule has 1 unspecified atom stereocenters. The highest BCUT2D eigenvalue weighted by Gasteiger charge is 2.27. The number of hydrogen-bond acceptors (Lipinski definition) is 3. The minimum Gasteiger partial charge on any atom is -0.497 e. The molecule has 0 spiro atoms. The predicted molar refractivity (Wildman–Crippen MR) is 59.6 cm³/mol. The number of methoxy groups -OCH3 is 2. The lowest BCUT2D eigenvalue weighted by molar-refractivity contribution is 0.391. The Kier molecular flexibility index (Phi) is 3.26. The molecule has 5 heteroatoms. The van der Waals surface area contributed by atoms with E-state index < -0.39 is 11.6 Å². The van der Waals surface area contributed by atoms with Gasteiger partial charge >= 0.3 is 0 Å². The van der Waals surface area contributed by atoms with Crippen molar-refractivity contribution in [2.45, 2.75) is 12.3 Å². The first-order valence-electron chi connectivity index (χ1n) is 5.26. The van der Waals surface area contributed by atoms with Crippen molar-refractivity contribution in [2.24, 2.45) is 4.99 Å². The quantitative estimate of drug-likeness (QED) is 0.796. The van der Waals surface area contributed by atoms with Crippen LogP contribution in [0.4, 0.5) is 8.78 Å². The fraction of sp³-hybridized carbons (Fsp3) is 0.417. The second-order valence-corrected chi connectivity index (χ2v) is 3.84. The van der Waals surface area contributed by atoms with Crippen molar-refractivity contribution in [1.82, 2.24) is 0 Å². The molecule has 0 radical (unpaired) electrons. The molecule has 1 aliphatic heterocycles. The first-order chi connectivity index (χ1) is 8.15. The molecule has 1 heterocycles. The lowest BCUT2D eigenvalue weighted by Gasteiger charge is -2.12. The number of nitrogens with zero attached hydrogens (tertiary/aromatic N) is 1. The van der Waals surface area contributed by atoms with Crippen LogP contribution >= 0.6 is 0 Å². The Morgan fingerprint density at radius 3 is 2.29 bits per heavy atom. The molecule has 1 aliphatic rings. The minimum absolute atomic E-state index is 0.0570. The van der Waals surface area contributed by atoms with E-state index in [4.69, 9.17) is 9.47 Å². The third-order valence-electron chi connectivity index (χ3n) is 2.84. The van der Waals surface area contributed by atoms with Crippen LogP contribution < -0.4 is 4.74 Å². The molecule has 0 amide bonds. The van der Waals surface area contributed by atoms with Crippen LogP contribution in [-0.2, 0) is 4.74 Å². The van der Waals surface area contributed by atoms with Crippen molar-refractivity contribution in [3.8, 4) is 5.75 Å². The highest BCUT2D eigenvalue weighted by Crippen LogP contribution is 2.32. The molecule has 0 N–H and O–H groups in total. The van der Waals surface area contributed by atoms with Gasteiger partial charge in [0.05, 0.1) is 20.8 Å². The van der Waals surface area contributed by atoms with Crippen molar-refractivity contribution < 1.29 is 18.3 Å². The normalized spacial score (nSPS) is 19.1. The Balaban J connectivity index is 2.28. The van der Waals surface area contributed by atoms with E-state index in [9.17, 15) is 8.78 Å². The van der Waals surface area contributed by atoms with Crippen LogP contribution in [-0.4, -0.2) is 26.7 Å². The molecular formula is C12H13F2NO2. The van der Waals surface area contributed by atoms with E-state index in [1.165, 1.54) is 26.4 Å². The van der Waals surface area contributed by atoms with Gasteiger partial charge < -0.3 is 9.47 Å². The van der Waals surface area contributed by atoms with Crippen molar-refractivity contribution in [3.05, 3.63) is 29.3 Å². The Morgan fingerprint density at radius 2 is 1.82 bits per heavy atom. The van der Waals surface area contributed by atoms with Gasteiger partial charge in [-0.25, -0.2) is 8.78 Å². The number of rotatable bonds is 2. The Morgan fingerprint density at radius 1 is 1.18 bits per heavy atom. The lowest BCUT2D eigenvalue weighted by Crippen LogP contribution is -2.07. The second kappa shape index (κ2) is 4.69. The van der Waals surface area contributed by atoms with Gasteiger partial charge in [-0.3, -0.25) is 4.99 Å². The summed E-state index contributed by atoms with van der Waals surface area (Å²) in [5.74, 6) is -0.783. The van der Waals surface area contributed by atoms with Crippen LogP contribution in [0.3, 0.4) is 0 Å². The third kappa shape index (κ3) is 2.23. The summed E-state index contributed by atoms with van der Waals surface area (Å²) >= 11 is 0. The van der Waals surface area contributed by atoms with Crippen LogP contribution in [0.25, 0.3) is 0 Å². The molecular weight excluding hydrogens is 228 g/mol. The minimum atomic E-state index is -0.598. The zero-order valence-corrected chi connectivity index (χ0v) is 9.67. The van der Waals surface area contributed by atoms with Gasteiger partial charge in [0.15, 0.2) is 5.90 Å². The summed E-state index contributed by atoms with van der Waals surface area (Å²) in [4.78, 5) is 4.07. The molecule has 3 nitrogen and oxygen atoms in total. The molecule has 1 aromatic rings. The SMILES string of the molecule is COC1=NCC(c2c(F)cc(OC)cc2F)C1. The first kappa shape index (κ1) is 11.8. The number of aliphatic imine (C=N–C) groups is 1. The van der Waals surface area contributed by atoms with Crippen LogP contribution in [0.5, 0.6) is 5.75 Å². The summed E-state index contributed by atoms with van der Waals surface area (Å²) in [5.41, 5.74) is 0.0570. The topological polar surface area (TPSA) is 30.8 Å². The largest absolute Gasteiger partial charge is 0.497 e. The lowest BCUT2D eigenvalue weighted by atomic mass is 9.96. The molecule has 0 aliphatic carbocycles. The van der Waals surface area contributed by atoms with Gasteiger partial charge in [0.1, 0.15) is 17.4 Å². The van der Waals surface area contributed by atoms with E-state index in [0.717, 1.165) is 0 Å². The third-order valence-corrected chi connectivity index (χ3v) is 2.84. The molecule has 0 fully saturated rings. The van der Waals surface area contributed by atoms with E-state index in [1.54, 1.807) is 0 Å². The summed E-state index contributed by atoms with van der Waals surface area (Å²) in [7, 11) is 2.87. The maximum atomic E-state index is 13.8. The van der Waals surface area contributed by atoms with Crippen molar-refractivity contribution in [3.63, 3.8) is 0 Å². The highest BCUT2D eigenvalue weighted by atomic mass is 19.1. The highest BCUT2D eigenvalue weighted by molar-refractivity contribution is 5.79. The van der Waals surface area contributed by atoms with Crippen LogP contribution in [0, 0.1) is 11.6 Å². The van der Waals surface area contributed by atoms with E-state index in [1.807, 2.05) is 0 Å². The van der Waals surface area contributed by atoms with Gasteiger partial charge in [-0.05, 0) is 0 Å². The van der Waals surface area contributed by atoms with Crippen molar-refractivity contribution in [1.29, 1.82) is 0 Å². The van der Waals surface area contributed by atoms with Crippen molar-refractivity contribution >= 4 is 5.90 Å². The average molecular weight is 241 g/mol. The van der Waals surface area contributed by atoms with Crippen LogP contribution in [0.1, 0.15) is 17.9 Å². The molecule has 17 heavy (non-hydrogen) atoms. The second-order valence-electron chi connectivity index (χ2n) is 3.84. The van der Waals surface area contributed by atoms with E-state index >= 15 is 0 Å². The van der Waals surface area contributed by atoms with Crippen LogP contribution in [0.15, 0.2) is 17.1 Å². The predicted octanol–water partition coefficient (Wildman–Crippen LogP) is 2.51. The number of hydrogen-bond donors (Lipinski definition) is 0. The van der Waals surface area contributed by atoms with E-state index in [2.05, 4.69) is 4.99 Å². The summed E-state index contributed by atoms with van der Waals surface area (Å²) in [5, 5.41) is 0. The van der Waals surface area contributed by atoms with Crippen LogP contribution in [0.2, 0.25) is 0 Å². The summed E-state index contributed by atoms with van der Waals surface area (Å²) in [6.45, 7) is 0.351. The van der Waals surface area contributed by atoms with Gasteiger partial charge in [0, 0.05) is 30.0 Å². The van der Waals surface area contributed by atoms with Crippen molar-refractivity contribution in [2.75, 3.05) is 20.8 Å². The Labute approximate surface area is 98.1 Å². The zero-order valence-electron chi connectivity index (χ0n) is 9.67. The molecule has 0 saturated heterocycles. The fourth-order valence-corrected chi connectivity index (χ4v) is 1.96. The Hall–Kier alpha value is -1.65. The molecule has 92 valence electrons. The van der Waals surface area contributed by atoms with Gasteiger partial charge in [0.2, 0.25) is 0 Å². The van der Waals surface area contributed by atoms with E-state index in [0.29, 0.717) is 18.9 Å². The standard InChI is InChI=1S/C12H13F2NO2/c1-16-8-4-9(13)12(10(14)5-8)7-3-11(17-2)15-6-7/h4-5,7H,3,6H2,1-2H3. The summed E-state index contributed by atoms with van der Waals surface area (Å²) in [6.07, 6.45) is 0.427.